The molecule has 182 valence electrons. The van der Waals surface area contributed by atoms with E-state index in [9.17, 15) is 14.4 Å². The van der Waals surface area contributed by atoms with Gasteiger partial charge in [-0.05, 0) is 37.3 Å². The van der Waals surface area contributed by atoms with Crippen LogP contribution in [0, 0.1) is 0 Å². The van der Waals surface area contributed by atoms with Gasteiger partial charge in [0.1, 0.15) is 0 Å². The number of Topliss-reactive ketones (excluding diaryl/α,β-unsaturated/α-hetero) is 1. The van der Waals surface area contributed by atoms with E-state index >= 15 is 0 Å². The first-order valence-corrected chi connectivity index (χ1v) is 13.0. The molecule has 1 amide bonds. The minimum atomic E-state index is -0.876. The molecule has 0 aromatic heterocycles. The standard InChI is InChI=1S/C27H33NO5S/c1-2-32-27(31)25-24(33-25)26(30)28-22(19-34-18-21-15-9-4-10-16-21)23(29)17-11-5-8-14-20-12-6-3-7-13-20/h3-4,6-7,9-10,12-13,15-16,22,24-25H,2,5,8,11,14,17-19H2,1H3,(H,28,30)/t22-,24-,25-/m0/s1. The topological polar surface area (TPSA) is 85.0 Å². The highest BCUT2D eigenvalue weighted by Gasteiger charge is 2.52. The zero-order chi connectivity index (χ0) is 24.2. The van der Waals surface area contributed by atoms with Gasteiger partial charge in [0.2, 0.25) is 0 Å². The van der Waals surface area contributed by atoms with Crippen molar-refractivity contribution in [2.24, 2.45) is 0 Å². The van der Waals surface area contributed by atoms with Gasteiger partial charge < -0.3 is 14.8 Å². The monoisotopic (exact) mass is 483 g/mol. The Morgan fingerprint density at radius 2 is 1.62 bits per heavy atom. The Balaban J connectivity index is 1.46. The molecule has 0 spiro atoms. The Morgan fingerprint density at radius 1 is 0.941 bits per heavy atom. The van der Waals surface area contributed by atoms with E-state index in [1.807, 2.05) is 48.5 Å². The van der Waals surface area contributed by atoms with E-state index in [1.54, 1.807) is 18.7 Å². The van der Waals surface area contributed by atoms with Crippen LogP contribution in [0.25, 0.3) is 0 Å². The van der Waals surface area contributed by atoms with E-state index in [0.717, 1.165) is 31.4 Å². The summed E-state index contributed by atoms with van der Waals surface area (Å²) in [4.78, 5) is 37.3. The van der Waals surface area contributed by atoms with Crippen molar-refractivity contribution in [3.63, 3.8) is 0 Å². The number of aryl methyl sites for hydroxylation is 1. The molecule has 1 saturated heterocycles. The van der Waals surface area contributed by atoms with Crippen LogP contribution < -0.4 is 5.32 Å². The molecule has 0 radical (unpaired) electrons. The largest absolute Gasteiger partial charge is 0.464 e. The number of esters is 1. The molecule has 1 aliphatic heterocycles. The summed E-state index contributed by atoms with van der Waals surface area (Å²) in [5, 5.41) is 2.82. The normalized spacial score (nSPS) is 17.6. The van der Waals surface area contributed by atoms with E-state index in [4.69, 9.17) is 9.47 Å². The van der Waals surface area contributed by atoms with Gasteiger partial charge in [-0.25, -0.2) is 4.79 Å². The number of unbranched alkanes of at least 4 members (excludes halogenated alkanes) is 2. The molecule has 1 fully saturated rings. The molecule has 6 nitrogen and oxygen atoms in total. The predicted octanol–water partition coefficient (Wildman–Crippen LogP) is 4.11. The third-order valence-corrected chi connectivity index (χ3v) is 6.71. The smallest absolute Gasteiger partial charge is 0.338 e. The second-order valence-electron chi connectivity index (χ2n) is 8.30. The van der Waals surface area contributed by atoms with Crippen LogP contribution in [-0.2, 0) is 36.0 Å². The van der Waals surface area contributed by atoms with E-state index in [0.29, 0.717) is 12.2 Å². The Kier molecular flexibility index (Phi) is 10.6. The van der Waals surface area contributed by atoms with Crippen molar-refractivity contribution < 1.29 is 23.9 Å². The maximum atomic E-state index is 13.0. The molecule has 3 atom stereocenters. The minimum absolute atomic E-state index is 0.0157. The number of ketones is 1. The van der Waals surface area contributed by atoms with E-state index in [1.165, 1.54) is 11.1 Å². The van der Waals surface area contributed by atoms with E-state index < -0.39 is 30.1 Å². The zero-order valence-corrected chi connectivity index (χ0v) is 20.4. The molecule has 1 heterocycles. The summed E-state index contributed by atoms with van der Waals surface area (Å²) >= 11 is 1.61. The number of amides is 1. The average Bonchev–Trinajstić information content (AvgIpc) is 3.66. The summed E-state index contributed by atoms with van der Waals surface area (Å²) in [5.41, 5.74) is 2.47. The van der Waals surface area contributed by atoms with Gasteiger partial charge in [-0.2, -0.15) is 11.8 Å². The summed E-state index contributed by atoms with van der Waals surface area (Å²) in [6.45, 7) is 1.93. The molecule has 0 bridgehead atoms. The van der Waals surface area contributed by atoms with Crippen LogP contribution in [0.1, 0.15) is 43.7 Å². The Bertz CT molecular complexity index is 921. The molecule has 0 aliphatic carbocycles. The van der Waals surface area contributed by atoms with Crippen LogP contribution in [0.3, 0.4) is 0 Å². The van der Waals surface area contributed by atoms with Gasteiger partial charge in [-0.3, -0.25) is 9.59 Å². The number of hydrogen-bond acceptors (Lipinski definition) is 6. The molecular formula is C27H33NO5S. The third kappa shape index (κ3) is 8.61. The molecule has 2 aromatic carbocycles. The van der Waals surface area contributed by atoms with Crippen LogP contribution in [0.4, 0.5) is 0 Å². The van der Waals surface area contributed by atoms with Crippen LogP contribution in [0.5, 0.6) is 0 Å². The second kappa shape index (κ2) is 13.9. The van der Waals surface area contributed by atoms with Gasteiger partial charge >= 0.3 is 5.97 Å². The molecule has 3 rings (SSSR count). The molecule has 2 aromatic rings. The predicted molar refractivity (Wildman–Crippen MR) is 133 cm³/mol. The molecule has 0 saturated carbocycles. The van der Waals surface area contributed by atoms with Gasteiger partial charge in [0.05, 0.1) is 12.6 Å². The SMILES string of the molecule is CCOC(=O)[C@H]1O[C@@H]1C(=O)N[C@@H](CSCc1ccccc1)C(=O)CCCCCc1ccccc1. The molecule has 34 heavy (non-hydrogen) atoms. The lowest BCUT2D eigenvalue weighted by molar-refractivity contribution is -0.144. The summed E-state index contributed by atoms with van der Waals surface area (Å²) in [6.07, 6.45) is 2.43. The molecule has 7 heteroatoms. The summed E-state index contributed by atoms with van der Waals surface area (Å²) < 4.78 is 10.1. The van der Waals surface area contributed by atoms with E-state index in [-0.39, 0.29) is 12.4 Å². The number of thioether (sulfide) groups is 1. The van der Waals surface area contributed by atoms with Crippen LogP contribution in [0.2, 0.25) is 0 Å². The lowest BCUT2D eigenvalue weighted by atomic mass is 10.0. The molecule has 0 unspecified atom stereocenters. The van der Waals surface area contributed by atoms with Crippen molar-refractivity contribution >= 4 is 29.4 Å². The average molecular weight is 484 g/mol. The zero-order valence-electron chi connectivity index (χ0n) is 19.6. The minimum Gasteiger partial charge on any atom is -0.464 e. The highest BCUT2D eigenvalue weighted by atomic mass is 32.2. The Hall–Kier alpha value is -2.64. The number of nitrogens with one attached hydrogen (secondary N) is 1. The number of epoxide rings is 1. The van der Waals surface area contributed by atoms with Crippen molar-refractivity contribution in [2.75, 3.05) is 12.4 Å². The van der Waals surface area contributed by atoms with Gasteiger partial charge in [0, 0.05) is 17.9 Å². The summed E-state index contributed by atoms with van der Waals surface area (Å²) in [5.74, 6) is 0.272. The fraction of sp³-hybridized carbons (Fsp3) is 0.444. The van der Waals surface area contributed by atoms with Gasteiger partial charge in [-0.1, -0.05) is 67.1 Å². The highest BCUT2D eigenvalue weighted by Crippen LogP contribution is 2.24. The highest BCUT2D eigenvalue weighted by molar-refractivity contribution is 7.98. The van der Waals surface area contributed by atoms with Gasteiger partial charge in [0.25, 0.3) is 5.91 Å². The van der Waals surface area contributed by atoms with Crippen LogP contribution in [0.15, 0.2) is 60.7 Å². The quantitative estimate of drug-likeness (QED) is 0.233. The lowest BCUT2D eigenvalue weighted by Crippen LogP contribution is -2.45. The number of ether oxygens (including phenoxy) is 2. The summed E-state index contributed by atoms with van der Waals surface area (Å²) in [6, 6.07) is 19.7. The Morgan fingerprint density at radius 3 is 2.29 bits per heavy atom. The van der Waals surface area contributed by atoms with Gasteiger partial charge in [0.15, 0.2) is 18.0 Å². The molecular weight excluding hydrogens is 450 g/mol. The van der Waals surface area contributed by atoms with Crippen molar-refractivity contribution in [1.82, 2.24) is 5.32 Å². The number of carbonyl (C=O) groups is 3. The maximum absolute atomic E-state index is 13.0. The van der Waals surface area contributed by atoms with Gasteiger partial charge in [-0.15, -0.1) is 0 Å². The van der Waals surface area contributed by atoms with Crippen LogP contribution in [-0.4, -0.2) is 48.3 Å². The number of rotatable bonds is 15. The first kappa shape index (κ1) is 26.0. The van der Waals surface area contributed by atoms with E-state index in [2.05, 4.69) is 17.4 Å². The van der Waals surface area contributed by atoms with Crippen molar-refractivity contribution in [1.29, 1.82) is 0 Å². The fourth-order valence-corrected chi connectivity index (χ4v) is 4.73. The lowest BCUT2D eigenvalue weighted by Gasteiger charge is -2.17. The number of carbonyl (C=O) groups excluding carboxylic acids is 3. The second-order valence-corrected chi connectivity index (χ2v) is 9.33. The number of hydrogen-bond donors (Lipinski definition) is 1. The van der Waals surface area contributed by atoms with Crippen molar-refractivity contribution in [3.8, 4) is 0 Å². The fourth-order valence-electron chi connectivity index (χ4n) is 3.68. The molecule has 1 aliphatic rings. The number of benzene rings is 2. The maximum Gasteiger partial charge on any atom is 0.338 e. The summed E-state index contributed by atoms with van der Waals surface area (Å²) in [7, 11) is 0. The third-order valence-electron chi connectivity index (χ3n) is 5.60. The first-order valence-electron chi connectivity index (χ1n) is 11.9. The molecule has 1 N–H and O–H groups in total. The van der Waals surface area contributed by atoms with Crippen LogP contribution >= 0.6 is 11.8 Å². The van der Waals surface area contributed by atoms with Crippen molar-refractivity contribution in [3.05, 3.63) is 71.8 Å². The Labute approximate surface area is 205 Å². The van der Waals surface area contributed by atoms with Crippen molar-refractivity contribution in [2.45, 2.75) is 63.0 Å². The first-order chi connectivity index (χ1) is 16.6.